The van der Waals surface area contributed by atoms with Gasteiger partial charge in [-0.2, -0.15) is 4.57 Å². The number of carbonyl (C=O) groups is 4. The summed E-state index contributed by atoms with van der Waals surface area (Å²) in [5.41, 5.74) is 13.0. The van der Waals surface area contributed by atoms with E-state index in [1.54, 1.807) is 43.5 Å². The van der Waals surface area contributed by atoms with Gasteiger partial charge in [-0.1, -0.05) is 12.1 Å². The molecule has 10 nitrogen and oxygen atoms in total. The Labute approximate surface area is 193 Å². The number of hydrogen-bond acceptors (Lipinski definition) is 7. The van der Waals surface area contributed by atoms with Gasteiger partial charge in [-0.05, 0) is 23.8 Å². The maximum absolute atomic E-state index is 12.9. The number of nitrogens with one attached hydrogen (secondary N) is 1. The molecule has 2 unspecified atom stereocenters. The highest BCUT2D eigenvalue weighted by Crippen LogP contribution is 2.40. The number of nitrogens with two attached hydrogens (primary N) is 2. The summed E-state index contributed by atoms with van der Waals surface area (Å²) in [5.74, 6) is -2.86. The minimum absolute atomic E-state index is 0.0604. The van der Waals surface area contributed by atoms with Crippen molar-refractivity contribution in [2.24, 2.45) is 5.73 Å². The number of carboxylic acid groups (broad SMARTS) is 1. The van der Waals surface area contributed by atoms with E-state index >= 15 is 0 Å². The number of nitrogen functional groups attached to an aromatic ring is 1. The summed E-state index contributed by atoms with van der Waals surface area (Å²) in [6.45, 7) is 1.63. The van der Waals surface area contributed by atoms with Gasteiger partial charge in [0.15, 0.2) is 11.9 Å². The molecule has 0 radical (unpaired) electrons. The zero-order chi connectivity index (χ0) is 23.9. The number of benzene rings is 1. The molecule has 1 aromatic carbocycles. The van der Waals surface area contributed by atoms with Crippen molar-refractivity contribution in [1.82, 2.24) is 10.2 Å². The Kier molecular flexibility index (Phi) is 5.81. The van der Waals surface area contributed by atoms with Crippen LogP contribution in [0.2, 0.25) is 0 Å². The molecule has 2 aliphatic rings. The van der Waals surface area contributed by atoms with E-state index in [1.807, 2.05) is 0 Å². The standard InChI is InChI=1S/C22H21N5O5S/c1-11-14(19(24)29)3-2-8-26(11)15-10-33-21-17(20(30)27(21)18(15)22(31)32)25-16(28)9-12-4-6-13(23)7-5-12/h2-8,17,21H,9-10,23H2,1H3,(H3-,24,25,28,29,31,32). The first-order valence-electron chi connectivity index (χ1n) is 10.0. The van der Waals surface area contributed by atoms with Gasteiger partial charge >= 0.3 is 0 Å². The third kappa shape index (κ3) is 4.02. The van der Waals surface area contributed by atoms with Crippen molar-refractivity contribution in [2.75, 3.05) is 11.5 Å². The lowest BCUT2D eigenvalue weighted by Crippen LogP contribution is -2.72. The topological polar surface area (TPSA) is 163 Å². The summed E-state index contributed by atoms with van der Waals surface area (Å²) in [7, 11) is 0. The van der Waals surface area contributed by atoms with E-state index in [0.717, 1.165) is 10.5 Å². The zero-order valence-electron chi connectivity index (χ0n) is 17.6. The van der Waals surface area contributed by atoms with Crippen LogP contribution in [-0.4, -0.2) is 45.8 Å². The summed E-state index contributed by atoms with van der Waals surface area (Å²) in [6.07, 6.45) is 1.65. The number of amides is 3. The second-order valence-corrected chi connectivity index (χ2v) is 8.80. The summed E-state index contributed by atoms with van der Waals surface area (Å²) >= 11 is 1.31. The number of primary amides is 1. The SMILES string of the molecule is Cc1c(C(N)=O)ccc[n+]1C1=C(C(=O)[O-])N2C(=O)C(NC(=O)Cc3ccc(N)cc3)C2SC1. The van der Waals surface area contributed by atoms with Crippen molar-refractivity contribution >= 4 is 46.8 Å². The predicted octanol–water partition coefficient (Wildman–Crippen LogP) is -1.48. The average molecular weight is 468 g/mol. The molecular formula is C22H21N5O5S. The Balaban J connectivity index is 1.57. The van der Waals surface area contributed by atoms with Crippen molar-refractivity contribution in [3.05, 3.63) is 65.1 Å². The van der Waals surface area contributed by atoms with Crippen molar-refractivity contribution in [3.8, 4) is 0 Å². The fourth-order valence-electron chi connectivity index (χ4n) is 3.96. The molecule has 2 aliphatic heterocycles. The van der Waals surface area contributed by atoms with E-state index in [4.69, 9.17) is 11.5 Å². The van der Waals surface area contributed by atoms with Crippen LogP contribution in [0.15, 0.2) is 48.3 Å². The molecule has 1 fully saturated rings. The number of thioether (sulfide) groups is 1. The fraction of sp³-hybridized carbons (Fsp3) is 0.227. The van der Waals surface area contributed by atoms with Gasteiger partial charge < -0.3 is 26.7 Å². The third-order valence-corrected chi connectivity index (χ3v) is 6.87. The number of fused-ring (bicyclic) bond motifs is 1. The van der Waals surface area contributed by atoms with Gasteiger partial charge in [-0.25, -0.2) is 0 Å². The molecule has 170 valence electrons. The van der Waals surface area contributed by atoms with Crippen LogP contribution in [0.25, 0.3) is 5.70 Å². The molecule has 0 spiro atoms. The monoisotopic (exact) mass is 467 g/mol. The van der Waals surface area contributed by atoms with Gasteiger partial charge in [-0.15, -0.1) is 11.8 Å². The molecular weight excluding hydrogens is 446 g/mol. The van der Waals surface area contributed by atoms with E-state index in [9.17, 15) is 24.3 Å². The first kappa shape index (κ1) is 22.3. The van der Waals surface area contributed by atoms with Crippen LogP contribution in [0.1, 0.15) is 21.6 Å². The number of β-lactam (4-membered cyclic amide) rings is 1. The molecule has 3 heterocycles. The number of carboxylic acids is 1. The molecule has 2 aromatic rings. The van der Waals surface area contributed by atoms with Gasteiger partial charge in [0.25, 0.3) is 11.8 Å². The largest absolute Gasteiger partial charge is 0.543 e. The summed E-state index contributed by atoms with van der Waals surface area (Å²) in [5, 5.41) is 14.1. The number of nitrogens with zero attached hydrogens (tertiary/aromatic N) is 2. The molecule has 1 saturated heterocycles. The van der Waals surface area contributed by atoms with Crippen molar-refractivity contribution in [1.29, 1.82) is 0 Å². The van der Waals surface area contributed by atoms with Crippen LogP contribution in [0.3, 0.4) is 0 Å². The van der Waals surface area contributed by atoms with Crippen molar-refractivity contribution in [3.63, 3.8) is 0 Å². The van der Waals surface area contributed by atoms with Crippen LogP contribution in [-0.2, 0) is 20.8 Å². The van der Waals surface area contributed by atoms with Crippen molar-refractivity contribution in [2.45, 2.75) is 24.8 Å². The Morgan fingerprint density at radius 2 is 1.94 bits per heavy atom. The number of pyridine rings is 1. The van der Waals surface area contributed by atoms with Gasteiger partial charge in [-0.3, -0.25) is 19.3 Å². The Morgan fingerprint density at radius 1 is 1.24 bits per heavy atom. The average Bonchev–Trinajstić information content (AvgIpc) is 2.78. The minimum atomic E-state index is -1.52. The highest BCUT2D eigenvalue weighted by Gasteiger charge is 2.54. The van der Waals surface area contributed by atoms with Gasteiger partial charge in [0.2, 0.25) is 11.6 Å². The van der Waals surface area contributed by atoms with Crippen LogP contribution >= 0.6 is 11.8 Å². The first-order chi connectivity index (χ1) is 15.7. The van der Waals surface area contributed by atoms with Gasteiger partial charge in [0.1, 0.15) is 22.7 Å². The third-order valence-electron chi connectivity index (χ3n) is 5.61. The number of rotatable bonds is 6. The number of carbonyl (C=O) groups excluding carboxylic acids is 4. The first-order valence-corrected chi connectivity index (χ1v) is 11.1. The van der Waals surface area contributed by atoms with E-state index in [2.05, 4.69) is 5.32 Å². The number of aliphatic carboxylic acids is 1. The van der Waals surface area contributed by atoms with E-state index in [0.29, 0.717) is 11.4 Å². The van der Waals surface area contributed by atoms with Crippen LogP contribution in [0, 0.1) is 6.92 Å². The molecule has 5 N–H and O–H groups in total. The lowest BCUT2D eigenvalue weighted by molar-refractivity contribution is -0.589. The summed E-state index contributed by atoms with van der Waals surface area (Å²) in [4.78, 5) is 50.2. The Hall–Kier alpha value is -3.86. The smallest absolute Gasteiger partial charge is 0.255 e. The zero-order valence-corrected chi connectivity index (χ0v) is 18.4. The Morgan fingerprint density at radius 3 is 2.58 bits per heavy atom. The normalized spacial score (nSPS) is 19.5. The maximum atomic E-state index is 12.9. The fourth-order valence-corrected chi connectivity index (χ4v) is 5.30. The molecule has 2 atom stereocenters. The quantitative estimate of drug-likeness (QED) is 0.265. The lowest BCUT2D eigenvalue weighted by Gasteiger charge is -2.49. The Bertz CT molecular complexity index is 1210. The molecule has 11 heteroatoms. The molecule has 1 aromatic heterocycles. The van der Waals surface area contributed by atoms with Crippen LogP contribution in [0.5, 0.6) is 0 Å². The van der Waals surface area contributed by atoms with E-state index < -0.39 is 29.2 Å². The molecule has 4 rings (SSSR count). The number of aromatic nitrogens is 1. The van der Waals surface area contributed by atoms with Crippen LogP contribution in [0.4, 0.5) is 5.69 Å². The van der Waals surface area contributed by atoms with Crippen molar-refractivity contribution < 1.29 is 28.9 Å². The number of anilines is 1. The highest BCUT2D eigenvalue weighted by molar-refractivity contribution is 8.00. The molecule has 33 heavy (non-hydrogen) atoms. The van der Waals surface area contributed by atoms with E-state index in [-0.39, 0.29) is 35.0 Å². The van der Waals surface area contributed by atoms with Gasteiger partial charge in [0, 0.05) is 18.7 Å². The molecule has 0 saturated carbocycles. The molecule has 3 amide bonds. The second-order valence-electron chi connectivity index (χ2n) is 7.70. The molecule has 0 aliphatic carbocycles. The predicted molar refractivity (Wildman–Crippen MR) is 118 cm³/mol. The summed E-state index contributed by atoms with van der Waals surface area (Å²) in [6, 6.07) is 9.07. The summed E-state index contributed by atoms with van der Waals surface area (Å²) < 4.78 is 1.52. The lowest BCUT2D eigenvalue weighted by atomic mass is 10.0. The maximum Gasteiger partial charge on any atom is 0.255 e. The molecule has 0 bridgehead atoms. The van der Waals surface area contributed by atoms with Gasteiger partial charge in [0.05, 0.1) is 18.1 Å². The highest BCUT2D eigenvalue weighted by atomic mass is 32.2. The van der Waals surface area contributed by atoms with E-state index in [1.165, 1.54) is 22.4 Å². The minimum Gasteiger partial charge on any atom is -0.543 e. The van der Waals surface area contributed by atoms with Crippen LogP contribution < -0.4 is 26.5 Å². The number of hydrogen-bond donors (Lipinski definition) is 3. The second kappa shape index (κ2) is 8.58.